The molecule has 0 spiro atoms. The average Bonchev–Trinajstić information content (AvgIpc) is 3.46. The number of aliphatic imine (C=N–C) groups is 1. The van der Waals surface area contributed by atoms with Gasteiger partial charge in [0.1, 0.15) is 22.9 Å². The van der Waals surface area contributed by atoms with Crippen LogP contribution in [0.1, 0.15) is 57.1 Å². The number of aromatic nitrogens is 1. The molecule has 2 N–H and O–H groups in total. The van der Waals surface area contributed by atoms with E-state index >= 15 is 0 Å². The van der Waals surface area contributed by atoms with Crippen LogP contribution in [0.15, 0.2) is 76.0 Å². The van der Waals surface area contributed by atoms with Crippen LogP contribution in [0, 0.1) is 0 Å². The molecular weight excluding hydrogens is 522 g/mol. The Balaban J connectivity index is 1.52. The number of nitrogens with one attached hydrogen (secondary N) is 1. The van der Waals surface area contributed by atoms with Crippen LogP contribution in [-0.2, 0) is 27.3 Å². The number of amides is 1. The number of hydrogen-bond donors (Lipinski definition) is 2. The lowest BCUT2D eigenvalue weighted by atomic mass is 9.95. The Morgan fingerprint density at radius 2 is 1.88 bits per heavy atom. The number of aliphatic hydroxyl groups excluding tert-OH is 1. The molecule has 1 amide bonds. The van der Waals surface area contributed by atoms with Crippen LogP contribution in [-0.4, -0.2) is 39.2 Å². The lowest BCUT2D eigenvalue weighted by molar-refractivity contribution is -0.138. The van der Waals surface area contributed by atoms with Crippen LogP contribution < -0.4 is 5.32 Å². The minimum atomic E-state index is -0.610. The first-order valence-electron chi connectivity index (χ1n) is 14.0. The fourth-order valence-corrected chi connectivity index (χ4v) is 6.44. The van der Waals surface area contributed by atoms with E-state index in [1.165, 1.54) is 18.2 Å². The van der Waals surface area contributed by atoms with E-state index in [4.69, 9.17) is 4.74 Å². The molecule has 0 unspecified atom stereocenters. The number of esters is 1. The highest BCUT2D eigenvalue weighted by Crippen LogP contribution is 2.41. The first-order valence-corrected chi connectivity index (χ1v) is 14.8. The summed E-state index contributed by atoms with van der Waals surface area (Å²) in [7, 11) is 0. The monoisotopic (exact) mass is 557 g/mol. The number of para-hydroxylation sites is 2. The van der Waals surface area contributed by atoms with Gasteiger partial charge in [-0.25, -0.2) is 9.79 Å². The molecule has 0 saturated heterocycles. The lowest BCUT2D eigenvalue weighted by Gasteiger charge is -2.23. The number of hydrogen-bond acceptors (Lipinski definition) is 6. The first-order chi connectivity index (χ1) is 19.5. The van der Waals surface area contributed by atoms with Crippen molar-refractivity contribution in [3.8, 4) is 0 Å². The standard InChI is InChI=1S/C32H35N3O4S/c1-3-21-12-11-17-25-22(19-35(29(21)25)20-27(36)33-23-13-7-5-8-14-23)18-26-30(37)28(32(38)39-4-2)31(40-26)34-24-15-9-6-10-16-24/h6,9-12,15-19,23,37H,3-5,7-8,13-14,20H2,1-2H3,(H,33,36)/b26-18-,34-31?. The predicted octanol–water partition coefficient (Wildman–Crippen LogP) is 6.85. The fraction of sp³-hybridized carbons (Fsp3) is 0.344. The highest BCUT2D eigenvalue weighted by Gasteiger charge is 2.33. The number of benzene rings is 2. The Bertz CT molecular complexity index is 1500. The van der Waals surface area contributed by atoms with Crippen LogP contribution in [0.2, 0.25) is 0 Å². The normalized spacial score (nSPS) is 18.1. The van der Waals surface area contributed by atoms with E-state index in [-0.39, 0.29) is 36.4 Å². The summed E-state index contributed by atoms with van der Waals surface area (Å²) in [5.41, 5.74) is 3.74. The molecule has 7 nitrogen and oxygen atoms in total. The topological polar surface area (TPSA) is 92.9 Å². The number of fused-ring (bicyclic) bond motifs is 1. The molecular formula is C32H35N3O4S. The van der Waals surface area contributed by atoms with Gasteiger partial charge in [0.25, 0.3) is 0 Å². The third kappa shape index (κ3) is 6.02. The number of rotatable bonds is 8. The summed E-state index contributed by atoms with van der Waals surface area (Å²) in [6.45, 7) is 4.24. The number of nitrogens with zero attached hydrogens (tertiary/aromatic N) is 2. The second-order valence-electron chi connectivity index (χ2n) is 10.1. The molecule has 0 bridgehead atoms. The zero-order valence-electron chi connectivity index (χ0n) is 23.0. The fourth-order valence-electron chi connectivity index (χ4n) is 5.42. The van der Waals surface area contributed by atoms with E-state index in [9.17, 15) is 14.7 Å². The minimum absolute atomic E-state index is 0.00812. The van der Waals surface area contributed by atoms with Crippen molar-refractivity contribution in [1.29, 1.82) is 0 Å². The molecule has 0 radical (unpaired) electrons. The molecule has 0 atom stereocenters. The summed E-state index contributed by atoms with van der Waals surface area (Å²) in [4.78, 5) is 31.0. The predicted molar refractivity (Wildman–Crippen MR) is 162 cm³/mol. The SMILES string of the molecule is CCOC(=O)C1=C(O)/C(=C/c2cn(CC(=O)NC3CCCCC3)c3c(CC)cccc23)SC1=Nc1ccccc1. The zero-order valence-corrected chi connectivity index (χ0v) is 23.8. The molecule has 1 aromatic heterocycles. The van der Waals surface area contributed by atoms with Crippen LogP contribution in [0.3, 0.4) is 0 Å². The first kappa shape index (κ1) is 27.8. The van der Waals surface area contributed by atoms with Gasteiger partial charge < -0.3 is 19.7 Å². The number of carbonyl (C=O) groups excluding carboxylic acids is 2. The molecule has 1 aliphatic carbocycles. The maximum Gasteiger partial charge on any atom is 0.344 e. The van der Waals surface area contributed by atoms with Crippen molar-refractivity contribution in [2.75, 3.05) is 6.61 Å². The maximum atomic E-state index is 13.1. The van der Waals surface area contributed by atoms with Gasteiger partial charge in [0.15, 0.2) is 0 Å². The number of thioether (sulfide) groups is 1. The van der Waals surface area contributed by atoms with Gasteiger partial charge in [0.2, 0.25) is 5.91 Å². The third-order valence-electron chi connectivity index (χ3n) is 7.32. The quantitative estimate of drug-likeness (QED) is 0.296. The van der Waals surface area contributed by atoms with Crippen molar-refractivity contribution < 1.29 is 19.4 Å². The van der Waals surface area contributed by atoms with Gasteiger partial charge in [-0.1, -0.05) is 74.3 Å². The second-order valence-corrected chi connectivity index (χ2v) is 11.1. The Kier molecular flexibility index (Phi) is 8.75. The van der Waals surface area contributed by atoms with Crippen LogP contribution in [0.25, 0.3) is 17.0 Å². The highest BCUT2D eigenvalue weighted by molar-refractivity contribution is 8.18. The summed E-state index contributed by atoms with van der Waals surface area (Å²) in [5, 5.41) is 15.8. The lowest BCUT2D eigenvalue weighted by Crippen LogP contribution is -2.38. The van der Waals surface area contributed by atoms with E-state index < -0.39 is 5.97 Å². The van der Waals surface area contributed by atoms with Crippen molar-refractivity contribution in [3.63, 3.8) is 0 Å². The van der Waals surface area contributed by atoms with E-state index in [1.807, 2.05) is 59.3 Å². The van der Waals surface area contributed by atoms with Crippen molar-refractivity contribution in [3.05, 3.63) is 82.1 Å². The van der Waals surface area contributed by atoms with Crippen LogP contribution in [0.4, 0.5) is 5.69 Å². The molecule has 1 fully saturated rings. The maximum absolute atomic E-state index is 13.1. The molecule has 2 heterocycles. The van der Waals surface area contributed by atoms with Gasteiger partial charge in [-0.15, -0.1) is 0 Å². The Labute approximate surface area is 239 Å². The molecule has 40 heavy (non-hydrogen) atoms. The van der Waals surface area contributed by atoms with Gasteiger partial charge in [0, 0.05) is 23.2 Å². The molecule has 3 aromatic rings. The van der Waals surface area contributed by atoms with Crippen molar-refractivity contribution in [1.82, 2.24) is 9.88 Å². The van der Waals surface area contributed by atoms with Gasteiger partial charge in [-0.2, -0.15) is 0 Å². The Hall–Kier alpha value is -3.78. The van der Waals surface area contributed by atoms with Crippen molar-refractivity contribution in [2.24, 2.45) is 4.99 Å². The molecule has 208 valence electrons. The van der Waals surface area contributed by atoms with E-state index in [2.05, 4.69) is 23.3 Å². The summed E-state index contributed by atoms with van der Waals surface area (Å²) in [6.07, 6.45) is 10.3. The van der Waals surface area contributed by atoms with Crippen molar-refractivity contribution >= 4 is 51.3 Å². The van der Waals surface area contributed by atoms with Gasteiger partial charge in [-0.05, 0) is 50.0 Å². The smallest absolute Gasteiger partial charge is 0.344 e. The third-order valence-corrected chi connectivity index (χ3v) is 8.34. The molecule has 8 heteroatoms. The Morgan fingerprint density at radius 3 is 2.60 bits per heavy atom. The summed E-state index contributed by atoms with van der Waals surface area (Å²) >= 11 is 1.23. The van der Waals surface area contributed by atoms with E-state index in [0.29, 0.717) is 15.6 Å². The summed E-state index contributed by atoms with van der Waals surface area (Å²) in [6, 6.07) is 15.7. The number of carbonyl (C=O) groups is 2. The number of aryl methyl sites for hydroxylation is 1. The zero-order chi connectivity index (χ0) is 28.1. The second kappa shape index (κ2) is 12.6. The van der Waals surface area contributed by atoms with Crippen LogP contribution in [0.5, 0.6) is 0 Å². The van der Waals surface area contributed by atoms with Gasteiger partial charge in [-0.3, -0.25) is 4.79 Å². The van der Waals surface area contributed by atoms with Crippen molar-refractivity contribution in [2.45, 2.75) is 65.0 Å². The van der Waals surface area contributed by atoms with Gasteiger partial charge in [0.05, 0.1) is 22.7 Å². The largest absolute Gasteiger partial charge is 0.506 e. The average molecular weight is 558 g/mol. The molecule has 2 aromatic carbocycles. The summed E-state index contributed by atoms with van der Waals surface area (Å²) < 4.78 is 7.25. The Morgan fingerprint density at radius 1 is 1.10 bits per heavy atom. The molecule has 5 rings (SSSR count). The van der Waals surface area contributed by atoms with E-state index in [1.54, 1.807) is 6.92 Å². The number of aliphatic hydroxyl groups is 1. The van der Waals surface area contributed by atoms with E-state index in [0.717, 1.165) is 54.1 Å². The molecule has 2 aliphatic rings. The van der Waals surface area contributed by atoms with Crippen LogP contribution >= 0.6 is 11.8 Å². The number of ether oxygens (including phenoxy) is 1. The molecule has 1 saturated carbocycles. The summed E-state index contributed by atoms with van der Waals surface area (Å²) in [5.74, 6) is -0.754. The minimum Gasteiger partial charge on any atom is -0.506 e. The molecule has 1 aliphatic heterocycles. The van der Waals surface area contributed by atoms with Gasteiger partial charge >= 0.3 is 5.97 Å². The highest BCUT2D eigenvalue weighted by atomic mass is 32.2.